The third-order valence-corrected chi connectivity index (χ3v) is 6.08. The van der Waals surface area contributed by atoms with Crippen LogP contribution in [0.2, 0.25) is 5.02 Å². The standard InChI is InChI=1S/C22H26ClFN4O/c1-12(14-3-4-14)27-22(29)19-10-26-13(2)20(15-7-16(23)9-17(24)8-15)21(19)28-6-5-18(25)11-28/h7-10,12,14,18H,3-6,11,25H2,1-2H3,(H,27,29)/t12-,18-/m0/s1. The number of amides is 1. The number of nitrogens with zero attached hydrogens (tertiary/aromatic N) is 2. The number of rotatable bonds is 5. The van der Waals surface area contributed by atoms with Gasteiger partial charge in [0.15, 0.2) is 0 Å². The van der Waals surface area contributed by atoms with Crippen LogP contribution in [-0.4, -0.2) is 36.1 Å². The number of hydrogen-bond donors (Lipinski definition) is 2. The van der Waals surface area contributed by atoms with Gasteiger partial charge in [-0.25, -0.2) is 4.39 Å². The van der Waals surface area contributed by atoms with Crippen molar-refractivity contribution in [1.82, 2.24) is 10.3 Å². The SMILES string of the molecule is Cc1ncc(C(=O)N[C@@H](C)C2CC2)c(N2CC[C@H](N)C2)c1-c1cc(F)cc(Cl)c1. The lowest BCUT2D eigenvalue weighted by atomic mass is 9.98. The number of pyridine rings is 1. The molecule has 1 aromatic heterocycles. The van der Waals surface area contributed by atoms with Gasteiger partial charge in [0.05, 0.1) is 11.3 Å². The Kier molecular flexibility index (Phi) is 5.49. The second kappa shape index (κ2) is 7.92. The molecule has 2 atom stereocenters. The van der Waals surface area contributed by atoms with Crippen LogP contribution in [0.1, 0.15) is 42.2 Å². The van der Waals surface area contributed by atoms with Crippen molar-refractivity contribution in [3.63, 3.8) is 0 Å². The Morgan fingerprint density at radius 3 is 2.72 bits per heavy atom. The first kappa shape index (κ1) is 20.1. The Hall–Kier alpha value is -2.18. The summed E-state index contributed by atoms with van der Waals surface area (Å²) in [6, 6.07) is 4.57. The van der Waals surface area contributed by atoms with Crippen molar-refractivity contribution >= 4 is 23.2 Å². The number of nitrogens with one attached hydrogen (secondary N) is 1. The second-order valence-electron chi connectivity index (χ2n) is 8.23. The van der Waals surface area contributed by atoms with E-state index in [1.165, 1.54) is 12.1 Å². The summed E-state index contributed by atoms with van der Waals surface area (Å²) in [5.74, 6) is -0.0354. The molecule has 1 saturated carbocycles. The molecule has 4 rings (SSSR count). The molecule has 0 spiro atoms. The number of carbonyl (C=O) groups is 1. The molecule has 1 saturated heterocycles. The van der Waals surface area contributed by atoms with Gasteiger partial charge in [-0.15, -0.1) is 0 Å². The minimum Gasteiger partial charge on any atom is -0.369 e. The number of benzene rings is 1. The van der Waals surface area contributed by atoms with Crippen molar-refractivity contribution in [2.75, 3.05) is 18.0 Å². The summed E-state index contributed by atoms with van der Waals surface area (Å²) in [5.41, 5.74) is 9.46. The molecule has 1 aromatic carbocycles. The Balaban J connectivity index is 1.83. The molecule has 2 aliphatic rings. The molecule has 2 fully saturated rings. The molecular formula is C22H26ClFN4O. The fraction of sp³-hybridized carbons (Fsp3) is 0.455. The highest BCUT2D eigenvalue weighted by atomic mass is 35.5. The summed E-state index contributed by atoms with van der Waals surface area (Å²) >= 11 is 6.13. The van der Waals surface area contributed by atoms with Crippen LogP contribution in [0.15, 0.2) is 24.4 Å². The van der Waals surface area contributed by atoms with Gasteiger partial charge in [0, 0.05) is 47.7 Å². The first-order valence-electron chi connectivity index (χ1n) is 10.1. The summed E-state index contributed by atoms with van der Waals surface area (Å²) in [4.78, 5) is 19.8. The average Bonchev–Trinajstić information content (AvgIpc) is 3.42. The number of hydrogen-bond acceptors (Lipinski definition) is 4. The van der Waals surface area contributed by atoms with Crippen LogP contribution in [0.4, 0.5) is 10.1 Å². The molecule has 0 radical (unpaired) electrons. The van der Waals surface area contributed by atoms with E-state index in [1.807, 2.05) is 13.8 Å². The van der Waals surface area contributed by atoms with Crippen LogP contribution < -0.4 is 16.0 Å². The number of nitrogens with two attached hydrogens (primary N) is 1. The van der Waals surface area contributed by atoms with E-state index in [0.29, 0.717) is 34.3 Å². The zero-order valence-electron chi connectivity index (χ0n) is 16.7. The maximum atomic E-state index is 14.1. The molecule has 1 aliphatic carbocycles. The molecule has 0 bridgehead atoms. The molecule has 2 heterocycles. The van der Waals surface area contributed by atoms with Crippen molar-refractivity contribution in [2.45, 2.75) is 45.2 Å². The summed E-state index contributed by atoms with van der Waals surface area (Å²) in [5, 5.41) is 3.42. The Morgan fingerprint density at radius 1 is 1.34 bits per heavy atom. The summed E-state index contributed by atoms with van der Waals surface area (Å²) in [6.07, 6.45) is 4.75. The van der Waals surface area contributed by atoms with E-state index < -0.39 is 5.82 Å². The minimum absolute atomic E-state index is 0.0358. The van der Waals surface area contributed by atoms with Gasteiger partial charge in [0.25, 0.3) is 5.91 Å². The molecule has 3 N–H and O–H groups in total. The largest absolute Gasteiger partial charge is 0.369 e. The van der Waals surface area contributed by atoms with Crippen molar-refractivity contribution in [3.8, 4) is 11.1 Å². The number of carbonyl (C=O) groups excluding carboxylic acids is 1. The highest BCUT2D eigenvalue weighted by Gasteiger charge is 2.32. The Bertz CT molecular complexity index is 926. The number of anilines is 1. The van der Waals surface area contributed by atoms with Gasteiger partial charge in [-0.05, 0) is 62.8 Å². The summed E-state index contributed by atoms with van der Waals surface area (Å²) in [7, 11) is 0. The van der Waals surface area contributed by atoms with E-state index in [0.717, 1.165) is 37.1 Å². The molecule has 0 unspecified atom stereocenters. The van der Waals surface area contributed by atoms with Crippen LogP contribution >= 0.6 is 11.6 Å². The van der Waals surface area contributed by atoms with Gasteiger partial charge >= 0.3 is 0 Å². The van der Waals surface area contributed by atoms with Crippen LogP contribution in [0, 0.1) is 18.7 Å². The summed E-state index contributed by atoms with van der Waals surface area (Å²) < 4.78 is 14.1. The van der Waals surface area contributed by atoms with E-state index in [1.54, 1.807) is 12.3 Å². The predicted molar refractivity (Wildman–Crippen MR) is 114 cm³/mol. The van der Waals surface area contributed by atoms with Gasteiger partial charge in [0.2, 0.25) is 0 Å². The van der Waals surface area contributed by atoms with E-state index >= 15 is 0 Å². The monoisotopic (exact) mass is 416 g/mol. The van der Waals surface area contributed by atoms with E-state index in [2.05, 4.69) is 15.2 Å². The molecule has 154 valence electrons. The molecule has 29 heavy (non-hydrogen) atoms. The third kappa shape index (κ3) is 4.23. The molecule has 2 aromatic rings. The van der Waals surface area contributed by atoms with Crippen LogP contribution in [-0.2, 0) is 0 Å². The Morgan fingerprint density at radius 2 is 2.10 bits per heavy atom. The Labute approximate surface area is 175 Å². The van der Waals surface area contributed by atoms with Gasteiger partial charge < -0.3 is 16.0 Å². The van der Waals surface area contributed by atoms with Crippen molar-refractivity contribution in [2.24, 2.45) is 11.7 Å². The van der Waals surface area contributed by atoms with Crippen LogP contribution in [0.5, 0.6) is 0 Å². The highest BCUT2D eigenvalue weighted by Crippen LogP contribution is 2.39. The number of aryl methyl sites for hydroxylation is 1. The minimum atomic E-state index is -0.423. The predicted octanol–water partition coefficient (Wildman–Crippen LogP) is 3.92. The molecular weight excluding hydrogens is 391 g/mol. The van der Waals surface area contributed by atoms with Gasteiger partial charge in [-0.2, -0.15) is 0 Å². The van der Waals surface area contributed by atoms with Crippen molar-refractivity contribution in [3.05, 3.63) is 46.5 Å². The average molecular weight is 417 g/mol. The maximum absolute atomic E-state index is 14.1. The lowest BCUT2D eigenvalue weighted by Crippen LogP contribution is -2.36. The third-order valence-electron chi connectivity index (χ3n) is 5.87. The van der Waals surface area contributed by atoms with Crippen LogP contribution in [0.3, 0.4) is 0 Å². The molecule has 1 amide bonds. The maximum Gasteiger partial charge on any atom is 0.255 e. The molecule has 1 aliphatic heterocycles. The van der Waals surface area contributed by atoms with E-state index in [4.69, 9.17) is 17.3 Å². The smallest absolute Gasteiger partial charge is 0.255 e. The fourth-order valence-corrected chi connectivity index (χ4v) is 4.34. The second-order valence-corrected chi connectivity index (χ2v) is 8.67. The zero-order valence-corrected chi connectivity index (χ0v) is 17.5. The lowest BCUT2D eigenvalue weighted by Gasteiger charge is -2.26. The fourth-order valence-electron chi connectivity index (χ4n) is 4.12. The molecule has 5 nitrogen and oxygen atoms in total. The highest BCUT2D eigenvalue weighted by molar-refractivity contribution is 6.31. The lowest BCUT2D eigenvalue weighted by molar-refractivity contribution is 0.0936. The zero-order chi connectivity index (χ0) is 20.7. The molecule has 7 heteroatoms. The van der Waals surface area contributed by atoms with Crippen molar-refractivity contribution in [1.29, 1.82) is 0 Å². The first-order chi connectivity index (χ1) is 13.8. The van der Waals surface area contributed by atoms with E-state index in [-0.39, 0.29) is 18.0 Å². The quantitative estimate of drug-likeness (QED) is 0.775. The number of aromatic nitrogens is 1. The van der Waals surface area contributed by atoms with Gasteiger partial charge in [0.1, 0.15) is 5.82 Å². The number of halogens is 2. The topological polar surface area (TPSA) is 71.2 Å². The normalized spacial score (nSPS) is 20.0. The first-order valence-corrected chi connectivity index (χ1v) is 10.5. The van der Waals surface area contributed by atoms with Crippen molar-refractivity contribution < 1.29 is 9.18 Å². The summed E-state index contributed by atoms with van der Waals surface area (Å²) in [6.45, 7) is 5.27. The van der Waals surface area contributed by atoms with Crippen LogP contribution in [0.25, 0.3) is 11.1 Å². The van der Waals surface area contributed by atoms with Gasteiger partial charge in [-0.3, -0.25) is 9.78 Å². The van der Waals surface area contributed by atoms with Gasteiger partial charge in [-0.1, -0.05) is 11.6 Å². The van der Waals surface area contributed by atoms with E-state index in [9.17, 15) is 9.18 Å².